The van der Waals surface area contributed by atoms with E-state index in [1.54, 1.807) is 0 Å². The molecule has 1 aromatic heterocycles. The maximum absolute atomic E-state index is 12.4. The van der Waals surface area contributed by atoms with Crippen molar-refractivity contribution < 1.29 is 22.7 Å². The molecule has 1 amide bonds. The summed E-state index contributed by atoms with van der Waals surface area (Å²) < 4.78 is 42.5. The first kappa shape index (κ1) is 12.4. The zero-order chi connectivity index (χ0) is 12.5. The summed E-state index contributed by atoms with van der Waals surface area (Å²) in [5, 5.41) is 0. The number of carbonyl (C=O) groups is 1. The second-order valence-corrected chi connectivity index (χ2v) is 4.75. The van der Waals surface area contributed by atoms with Gasteiger partial charge in [0.2, 0.25) is 6.41 Å². The number of hydrogen-bond acceptors (Lipinski definition) is 3. The van der Waals surface area contributed by atoms with Gasteiger partial charge in [0.1, 0.15) is 4.88 Å². The predicted octanol–water partition coefficient (Wildman–Crippen LogP) is 2.30. The third kappa shape index (κ3) is 2.61. The Labute approximate surface area is 99.8 Å². The van der Waals surface area contributed by atoms with E-state index in [4.69, 9.17) is 4.74 Å². The molecule has 0 aliphatic carbocycles. The van der Waals surface area contributed by atoms with Crippen LogP contribution in [0.4, 0.5) is 13.2 Å². The number of morpholine rings is 1. The first-order valence-electron chi connectivity index (χ1n) is 4.98. The highest BCUT2D eigenvalue weighted by atomic mass is 32.1. The van der Waals surface area contributed by atoms with Gasteiger partial charge in [-0.15, -0.1) is 11.3 Å². The van der Waals surface area contributed by atoms with E-state index < -0.39 is 17.1 Å². The van der Waals surface area contributed by atoms with Gasteiger partial charge in [-0.2, -0.15) is 13.2 Å². The summed E-state index contributed by atoms with van der Waals surface area (Å²) in [5.41, 5.74) is 0. The fraction of sp³-hybridized carbons (Fsp3) is 0.500. The lowest BCUT2D eigenvalue weighted by molar-refractivity contribution is -0.134. The molecule has 17 heavy (non-hydrogen) atoms. The molecular weight excluding hydrogens is 255 g/mol. The van der Waals surface area contributed by atoms with E-state index in [9.17, 15) is 18.0 Å². The molecule has 0 N–H and O–H groups in total. The normalized spacial score (nSPS) is 21.6. The molecule has 94 valence electrons. The molecule has 0 aromatic carbocycles. The molecule has 1 atom stereocenters. The van der Waals surface area contributed by atoms with Crippen molar-refractivity contribution in [3.05, 3.63) is 21.9 Å². The summed E-state index contributed by atoms with van der Waals surface area (Å²) in [6.45, 7) is 1.08. The van der Waals surface area contributed by atoms with Gasteiger partial charge in [0.15, 0.2) is 0 Å². The Morgan fingerprint density at radius 3 is 2.82 bits per heavy atom. The maximum Gasteiger partial charge on any atom is 0.425 e. The fourth-order valence-electron chi connectivity index (χ4n) is 1.67. The summed E-state index contributed by atoms with van der Waals surface area (Å²) in [4.78, 5) is 12.1. The SMILES string of the molecule is O=CN1CCOC[C@H]1c1ccc(C(F)(F)F)s1. The van der Waals surface area contributed by atoms with Crippen LogP contribution in [0.2, 0.25) is 0 Å². The van der Waals surface area contributed by atoms with Crippen LogP contribution in [0, 0.1) is 0 Å². The van der Waals surface area contributed by atoms with E-state index >= 15 is 0 Å². The van der Waals surface area contributed by atoms with Gasteiger partial charge in [-0.1, -0.05) is 0 Å². The third-order valence-electron chi connectivity index (χ3n) is 2.54. The lowest BCUT2D eigenvalue weighted by Gasteiger charge is -2.31. The summed E-state index contributed by atoms with van der Waals surface area (Å²) in [5.74, 6) is 0. The van der Waals surface area contributed by atoms with Gasteiger partial charge in [-0.25, -0.2) is 0 Å². The summed E-state index contributed by atoms with van der Waals surface area (Å²) in [6.07, 6.45) is -3.68. The minimum Gasteiger partial charge on any atom is -0.377 e. The van der Waals surface area contributed by atoms with Crippen molar-refractivity contribution in [1.82, 2.24) is 4.90 Å². The van der Waals surface area contributed by atoms with E-state index in [-0.39, 0.29) is 6.61 Å². The standard InChI is InChI=1S/C10H10F3NO2S/c11-10(12,13)9-2-1-8(17-9)7-5-16-4-3-14(7)6-15/h1-2,6-7H,3-5H2/t7-/m0/s1. The predicted molar refractivity (Wildman–Crippen MR) is 55.7 cm³/mol. The van der Waals surface area contributed by atoms with E-state index in [1.165, 1.54) is 11.0 Å². The average Bonchev–Trinajstić information content (AvgIpc) is 2.77. The maximum atomic E-state index is 12.4. The highest BCUT2D eigenvalue weighted by molar-refractivity contribution is 7.12. The van der Waals surface area contributed by atoms with E-state index in [0.717, 1.165) is 6.07 Å². The largest absolute Gasteiger partial charge is 0.425 e. The molecule has 2 heterocycles. The highest BCUT2D eigenvalue weighted by Crippen LogP contribution is 2.38. The Balaban J connectivity index is 2.21. The van der Waals surface area contributed by atoms with E-state index in [0.29, 0.717) is 35.8 Å². The number of ether oxygens (including phenoxy) is 1. The number of rotatable bonds is 2. The van der Waals surface area contributed by atoms with Gasteiger partial charge in [0, 0.05) is 11.4 Å². The van der Waals surface area contributed by atoms with Crippen LogP contribution in [0.15, 0.2) is 12.1 Å². The van der Waals surface area contributed by atoms with Crippen LogP contribution in [0.25, 0.3) is 0 Å². The molecule has 0 saturated carbocycles. The molecule has 3 nitrogen and oxygen atoms in total. The smallest absolute Gasteiger partial charge is 0.377 e. The van der Waals surface area contributed by atoms with E-state index in [2.05, 4.69) is 0 Å². The molecule has 1 saturated heterocycles. The number of alkyl halides is 3. The molecule has 0 bridgehead atoms. The first-order valence-corrected chi connectivity index (χ1v) is 5.79. The van der Waals surface area contributed by atoms with Crippen molar-refractivity contribution in [1.29, 1.82) is 0 Å². The molecule has 2 rings (SSSR count). The minimum atomic E-state index is -4.33. The number of nitrogens with zero attached hydrogens (tertiary/aromatic N) is 1. The Bertz CT molecular complexity index is 405. The number of thiophene rings is 1. The molecule has 1 fully saturated rings. The van der Waals surface area contributed by atoms with Gasteiger partial charge in [-0.3, -0.25) is 4.79 Å². The number of amides is 1. The molecule has 1 aliphatic rings. The number of halogens is 3. The molecule has 0 radical (unpaired) electrons. The van der Waals surface area contributed by atoms with Crippen LogP contribution in [0.5, 0.6) is 0 Å². The lowest BCUT2D eigenvalue weighted by Crippen LogP contribution is -2.38. The Hall–Kier alpha value is -1.08. The molecule has 1 aliphatic heterocycles. The third-order valence-corrected chi connectivity index (χ3v) is 3.77. The first-order chi connectivity index (χ1) is 8.02. The Kier molecular flexibility index (Phi) is 3.39. The topological polar surface area (TPSA) is 29.5 Å². The van der Waals surface area contributed by atoms with Crippen molar-refractivity contribution in [2.75, 3.05) is 19.8 Å². The van der Waals surface area contributed by atoms with Crippen molar-refractivity contribution in [2.24, 2.45) is 0 Å². The second kappa shape index (κ2) is 4.66. The molecule has 1 aromatic rings. The van der Waals surface area contributed by atoms with Crippen LogP contribution >= 0.6 is 11.3 Å². The van der Waals surface area contributed by atoms with Crippen molar-refractivity contribution in [3.63, 3.8) is 0 Å². The summed E-state index contributed by atoms with van der Waals surface area (Å²) >= 11 is 0.660. The molecular formula is C10H10F3NO2S. The van der Waals surface area contributed by atoms with Gasteiger partial charge in [0.05, 0.1) is 19.3 Å². The van der Waals surface area contributed by atoms with E-state index in [1.807, 2.05) is 0 Å². The highest BCUT2D eigenvalue weighted by Gasteiger charge is 2.34. The summed E-state index contributed by atoms with van der Waals surface area (Å²) in [6, 6.07) is 2.04. The van der Waals surface area contributed by atoms with Crippen LogP contribution in [0.1, 0.15) is 15.8 Å². The van der Waals surface area contributed by atoms with Gasteiger partial charge in [-0.05, 0) is 12.1 Å². The average molecular weight is 265 g/mol. The van der Waals surface area contributed by atoms with Crippen LogP contribution in [-0.4, -0.2) is 31.1 Å². The Morgan fingerprint density at radius 2 is 2.24 bits per heavy atom. The fourth-order valence-corrected chi connectivity index (χ4v) is 2.65. The van der Waals surface area contributed by atoms with Crippen LogP contribution in [0.3, 0.4) is 0 Å². The van der Waals surface area contributed by atoms with Crippen molar-refractivity contribution in [2.45, 2.75) is 12.2 Å². The number of hydrogen-bond donors (Lipinski definition) is 0. The molecule has 0 unspecified atom stereocenters. The molecule has 0 spiro atoms. The quantitative estimate of drug-likeness (QED) is 0.768. The van der Waals surface area contributed by atoms with Crippen molar-refractivity contribution >= 4 is 17.7 Å². The second-order valence-electron chi connectivity index (χ2n) is 3.63. The molecule has 7 heteroatoms. The number of carbonyl (C=O) groups excluding carboxylic acids is 1. The monoisotopic (exact) mass is 265 g/mol. The Morgan fingerprint density at radius 1 is 1.47 bits per heavy atom. The lowest BCUT2D eigenvalue weighted by atomic mass is 10.2. The van der Waals surface area contributed by atoms with Crippen molar-refractivity contribution in [3.8, 4) is 0 Å². The van der Waals surface area contributed by atoms with Crippen LogP contribution in [-0.2, 0) is 15.7 Å². The van der Waals surface area contributed by atoms with Gasteiger partial charge >= 0.3 is 6.18 Å². The minimum absolute atomic E-state index is 0.247. The van der Waals surface area contributed by atoms with Gasteiger partial charge < -0.3 is 9.64 Å². The van der Waals surface area contributed by atoms with Crippen LogP contribution < -0.4 is 0 Å². The summed E-state index contributed by atoms with van der Waals surface area (Å²) in [7, 11) is 0. The van der Waals surface area contributed by atoms with Gasteiger partial charge in [0.25, 0.3) is 0 Å². The zero-order valence-electron chi connectivity index (χ0n) is 8.74. The zero-order valence-corrected chi connectivity index (χ0v) is 9.55.